The van der Waals surface area contributed by atoms with Gasteiger partial charge < -0.3 is 9.64 Å². The summed E-state index contributed by atoms with van der Waals surface area (Å²) < 4.78 is 8.25. The van der Waals surface area contributed by atoms with Gasteiger partial charge in [0.05, 0.1) is 0 Å². The van der Waals surface area contributed by atoms with Crippen molar-refractivity contribution in [2.75, 3.05) is 4.90 Å². The molecule has 3 heteroatoms. The van der Waals surface area contributed by atoms with Gasteiger partial charge in [0.1, 0.15) is 11.9 Å². The van der Waals surface area contributed by atoms with Crippen LogP contribution in [-0.4, -0.2) is 6.10 Å². The second-order valence-electron chi connectivity index (χ2n) is 14.6. The van der Waals surface area contributed by atoms with Gasteiger partial charge in [-0.1, -0.05) is 140 Å². The minimum Gasteiger partial charge on any atom is -0.484 e. The molecule has 8 aromatic rings. The molecule has 2 nitrogen and oxygen atoms in total. The zero-order valence-electron chi connectivity index (χ0n) is 30.2. The molecule has 0 amide bonds. The van der Waals surface area contributed by atoms with Gasteiger partial charge in [-0.05, 0) is 100 Å². The minimum absolute atomic E-state index is 0.0467. The Bertz CT molecular complexity index is 2830. The molecule has 11 rings (SSSR count). The maximum atomic E-state index is 6.88. The van der Waals surface area contributed by atoms with Crippen LogP contribution in [0.1, 0.15) is 33.9 Å². The normalized spacial score (nSPS) is 16.7. The third-order valence-electron chi connectivity index (χ3n) is 11.5. The van der Waals surface area contributed by atoms with Gasteiger partial charge in [0.15, 0.2) is 0 Å². The first kappa shape index (κ1) is 32.0. The molecule has 0 spiro atoms. The summed E-state index contributed by atoms with van der Waals surface area (Å²) in [7, 11) is 0. The molecule has 2 aliphatic carbocycles. The number of aryl methyl sites for hydroxylation is 1. The summed E-state index contributed by atoms with van der Waals surface area (Å²) in [5.41, 5.74) is 13.4. The van der Waals surface area contributed by atoms with Crippen molar-refractivity contribution >= 4 is 60.9 Å². The summed E-state index contributed by atoms with van der Waals surface area (Å²) >= 11 is 1.95. The lowest BCUT2D eigenvalue weighted by molar-refractivity contribution is 0.281. The van der Waals surface area contributed by atoms with Gasteiger partial charge in [-0.3, -0.25) is 0 Å². The van der Waals surface area contributed by atoms with Crippen LogP contribution in [-0.2, 0) is 6.42 Å². The van der Waals surface area contributed by atoms with Gasteiger partial charge in [0.2, 0.25) is 0 Å². The second-order valence-corrected chi connectivity index (χ2v) is 15.8. The molecule has 2 atom stereocenters. The molecule has 262 valence electrons. The van der Waals surface area contributed by atoms with Crippen molar-refractivity contribution < 1.29 is 4.74 Å². The molecule has 0 fully saturated rings. The molecule has 0 radical (unpaired) electrons. The molecular formula is C52H37NOS. The fourth-order valence-electron chi connectivity index (χ4n) is 8.92. The van der Waals surface area contributed by atoms with Crippen LogP contribution >= 0.6 is 11.3 Å². The molecule has 2 heterocycles. The molecule has 0 bridgehead atoms. The van der Waals surface area contributed by atoms with Crippen LogP contribution in [0.2, 0.25) is 0 Å². The quantitative estimate of drug-likeness (QED) is 0.169. The molecule has 1 aliphatic heterocycles. The summed E-state index contributed by atoms with van der Waals surface area (Å²) in [5.74, 6) is 1.16. The Hall–Kier alpha value is -6.42. The maximum Gasteiger partial charge on any atom is 0.135 e. The van der Waals surface area contributed by atoms with E-state index >= 15 is 0 Å². The SMILES string of the molecule is C1=CC2c3cc(-c4ccc(N(c5ccccc5)c5ccc(-c6cccc7sc8c(c67)C=CCC8)cc5)cc4)c4ccccc4c3OC2C(c2ccccc2)=C1. The maximum absolute atomic E-state index is 6.88. The second kappa shape index (κ2) is 13.2. The summed E-state index contributed by atoms with van der Waals surface area (Å²) in [6.45, 7) is 0. The predicted molar refractivity (Wildman–Crippen MR) is 233 cm³/mol. The lowest BCUT2D eigenvalue weighted by atomic mass is 9.83. The van der Waals surface area contributed by atoms with Gasteiger partial charge in [-0.15, -0.1) is 11.3 Å². The summed E-state index contributed by atoms with van der Waals surface area (Å²) in [5, 5.41) is 3.75. The van der Waals surface area contributed by atoms with Crippen molar-refractivity contribution in [1.29, 1.82) is 0 Å². The number of nitrogens with zero attached hydrogens (tertiary/aromatic N) is 1. The van der Waals surface area contributed by atoms with E-state index in [4.69, 9.17) is 4.74 Å². The highest BCUT2D eigenvalue weighted by atomic mass is 32.1. The lowest BCUT2D eigenvalue weighted by Gasteiger charge is -2.26. The van der Waals surface area contributed by atoms with Crippen LogP contribution in [0.15, 0.2) is 182 Å². The summed E-state index contributed by atoms with van der Waals surface area (Å²) in [6, 6.07) is 57.4. The Morgan fingerprint density at radius 2 is 1.27 bits per heavy atom. The van der Waals surface area contributed by atoms with Gasteiger partial charge in [0, 0.05) is 54.5 Å². The first-order chi connectivity index (χ1) is 27.3. The highest BCUT2D eigenvalue weighted by Gasteiger charge is 2.38. The van der Waals surface area contributed by atoms with Crippen molar-refractivity contribution in [2.45, 2.75) is 24.9 Å². The van der Waals surface area contributed by atoms with Crippen LogP contribution in [0.5, 0.6) is 5.75 Å². The van der Waals surface area contributed by atoms with Crippen molar-refractivity contribution in [3.05, 3.63) is 204 Å². The van der Waals surface area contributed by atoms with Gasteiger partial charge in [0.25, 0.3) is 0 Å². The average molecular weight is 724 g/mol. The number of anilines is 3. The third kappa shape index (κ3) is 5.38. The van der Waals surface area contributed by atoms with E-state index in [1.54, 1.807) is 0 Å². The fourth-order valence-corrected chi connectivity index (χ4v) is 10.2. The molecule has 2 unspecified atom stereocenters. The molecule has 55 heavy (non-hydrogen) atoms. The molecule has 0 saturated heterocycles. The largest absolute Gasteiger partial charge is 0.484 e. The highest BCUT2D eigenvalue weighted by molar-refractivity contribution is 7.19. The van der Waals surface area contributed by atoms with Crippen molar-refractivity contribution in [3.8, 4) is 28.0 Å². The van der Waals surface area contributed by atoms with Crippen LogP contribution in [0.3, 0.4) is 0 Å². The number of thiophene rings is 1. The van der Waals surface area contributed by atoms with E-state index in [-0.39, 0.29) is 12.0 Å². The predicted octanol–water partition coefficient (Wildman–Crippen LogP) is 14.3. The monoisotopic (exact) mass is 723 g/mol. The van der Waals surface area contributed by atoms with E-state index in [9.17, 15) is 0 Å². The van der Waals surface area contributed by atoms with E-state index in [2.05, 4.69) is 193 Å². The molecule has 0 saturated carbocycles. The number of hydrogen-bond acceptors (Lipinski definition) is 3. The summed E-state index contributed by atoms with van der Waals surface area (Å²) in [6.07, 6.45) is 13.6. The Balaban J connectivity index is 0.962. The molecule has 1 aromatic heterocycles. The molecular weight excluding hydrogens is 687 g/mol. The van der Waals surface area contributed by atoms with Crippen molar-refractivity contribution in [3.63, 3.8) is 0 Å². The van der Waals surface area contributed by atoms with Crippen LogP contribution in [0.25, 0.3) is 54.8 Å². The number of fused-ring (bicyclic) bond motifs is 8. The topological polar surface area (TPSA) is 12.5 Å². The third-order valence-corrected chi connectivity index (χ3v) is 12.7. The number of hydrogen-bond donors (Lipinski definition) is 0. The Morgan fingerprint density at radius 3 is 2.04 bits per heavy atom. The number of rotatable bonds is 6. The highest BCUT2D eigenvalue weighted by Crippen LogP contribution is 2.51. The number of ether oxygens (including phenoxy) is 1. The Labute approximate surface area is 325 Å². The van der Waals surface area contributed by atoms with Crippen LogP contribution in [0, 0.1) is 0 Å². The van der Waals surface area contributed by atoms with Crippen molar-refractivity contribution in [2.24, 2.45) is 0 Å². The van der Waals surface area contributed by atoms with E-state index in [1.807, 2.05) is 11.3 Å². The van der Waals surface area contributed by atoms with Gasteiger partial charge >= 0.3 is 0 Å². The average Bonchev–Trinajstić information content (AvgIpc) is 3.84. The van der Waals surface area contributed by atoms with Crippen LogP contribution in [0.4, 0.5) is 17.1 Å². The van der Waals surface area contributed by atoms with E-state index in [0.717, 1.165) is 41.0 Å². The number of para-hydroxylation sites is 1. The van der Waals surface area contributed by atoms with Crippen molar-refractivity contribution in [1.82, 2.24) is 0 Å². The lowest BCUT2D eigenvalue weighted by Crippen LogP contribution is -2.21. The minimum atomic E-state index is -0.0467. The van der Waals surface area contributed by atoms with Gasteiger partial charge in [-0.25, -0.2) is 0 Å². The Morgan fingerprint density at radius 1 is 0.600 bits per heavy atom. The first-order valence-corrected chi connectivity index (χ1v) is 20.0. The van der Waals surface area contributed by atoms with E-state index < -0.39 is 0 Å². The summed E-state index contributed by atoms with van der Waals surface area (Å²) in [4.78, 5) is 3.86. The van der Waals surface area contributed by atoms with E-state index in [1.165, 1.54) is 64.9 Å². The molecule has 7 aromatic carbocycles. The first-order valence-electron chi connectivity index (χ1n) is 19.2. The number of allylic oxidation sites excluding steroid dienone is 3. The van der Waals surface area contributed by atoms with Gasteiger partial charge in [-0.2, -0.15) is 0 Å². The standard InChI is InChI=1S/C52H37NOS/c1-3-13-34(14-4-1)41-21-11-22-44-47-33-46(42-17-7-8-18-43(42)52(47)54-51(41)44)36-27-31-39(32-28-36)53(37-15-5-2-6-16-37)38-29-25-35(26-30-38)40-20-12-24-49-50(40)45-19-9-10-23-48(45)55-49/h1-9,11-22,24-33,44,51H,10,23H2. The fraction of sp³-hybridized carbons (Fsp3) is 0.0769. The molecule has 3 aliphatic rings. The zero-order valence-corrected chi connectivity index (χ0v) is 31.0. The Kier molecular flexibility index (Phi) is 7.67. The molecule has 0 N–H and O–H groups in total. The zero-order chi connectivity index (χ0) is 36.3. The van der Waals surface area contributed by atoms with Crippen LogP contribution < -0.4 is 9.64 Å². The van der Waals surface area contributed by atoms with E-state index in [0.29, 0.717) is 0 Å². The smallest absolute Gasteiger partial charge is 0.135 e. The number of benzene rings is 7.